The third kappa shape index (κ3) is 7.31. The summed E-state index contributed by atoms with van der Waals surface area (Å²) in [7, 11) is 1.88. The third-order valence-corrected chi connectivity index (χ3v) is 4.97. The number of hydrogen-bond donors (Lipinski definition) is 1. The summed E-state index contributed by atoms with van der Waals surface area (Å²) in [6.45, 7) is 4.27. The fourth-order valence-corrected chi connectivity index (χ4v) is 3.26. The molecular formula is C16H32ClN3O2S. The van der Waals surface area contributed by atoms with Gasteiger partial charge in [0.25, 0.3) is 0 Å². The molecule has 5 nitrogen and oxygen atoms in total. The quantitative estimate of drug-likeness (QED) is 0.714. The van der Waals surface area contributed by atoms with Crippen LogP contribution in [-0.2, 0) is 9.59 Å². The van der Waals surface area contributed by atoms with Crippen molar-refractivity contribution < 1.29 is 9.59 Å². The highest BCUT2D eigenvalue weighted by molar-refractivity contribution is 7.98. The highest BCUT2D eigenvalue weighted by atomic mass is 35.5. The molecule has 1 fully saturated rings. The molecular weight excluding hydrogens is 334 g/mol. The number of nitrogens with two attached hydrogens (primary N) is 1. The second kappa shape index (κ2) is 12.0. The van der Waals surface area contributed by atoms with Crippen LogP contribution in [0.4, 0.5) is 0 Å². The molecule has 1 saturated heterocycles. The number of hydrogen-bond acceptors (Lipinski definition) is 4. The van der Waals surface area contributed by atoms with E-state index in [1.807, 2.05) is 23.1 Å². The molecule has 0 radical (unpaired) electrons. The Kier molecular flexibility index (Phi) is 11.7. The molecule has 1 unspecified atom stereocenters. The molecule has 1 aliphatic heterocycles. The predicted molar refractivity (Wildman–Crippen MR) is 100 cm³/mol. The molecule has 0 spiro atoms. The second-order valence-corrected chi connectivity index (χ2v) is 7.09. The number of rotatable bonds is 8. The summed E-state index contributed by atoms with van der Waals surface area (Å²) >= 11 is 1.71. The maximum absolute atomic E-state index is 12.4. The van der Waals surface area contributed by atoms with Crippen LogP contribution in [0.1, 0.15) is 39.0 Å². The van der Waals surface area contributed by atoms with E-state index in [2.05, 4.69) is 6.92 Å². The molecule has 1 rings (SSSR count). The lowest BCUT2D eigenvalue weighted by atomic mass is 9.94. The fourth-order valence-electron chi connectivity index (χ4n) is 2.77. The molecule has 0 aromatic rings. The molecule has 0 bridgehead atoms. The molecule has 0 saturated carbocycles. The predicted octanol–water partition coefficient (Wildman–Crippen LogP) is 1.99. The van der Waals surface area contributed by atoms with Crippen LogP contribution in [0.25, 0.3) is 0 Å². The van der Waals surface area contributed by atoms with Crippen molar-refractivity contribution in [3.05, 3.63) is 0 Å². The minimum Gasteiger partial charge on any atom is -0.346 e. The van der Waals surface area contributed by atoms with Crippen LogP contribution < -0.4 is 5.73 Å². The first kappa shape index (κ1) is 22.5. The van der Waals surface area contributed by atoms with E-state index in [1.165, 1.54) is 0 Å². The van der Waals surface area contributed by atoms with Crippen molar-refractivity contribution in [1.82, 2.24) is 9.80 Å². The van der Waals surface area contributed by atoms with Crippen LogP contribution >= 0.6 is 24.2 Å². The lowest BCUT2D eigenvalue weighted by Gasteiger charge is -2.34. The van der Waals surface area contributed by atoms with E-state index in [-0.39, 0.29) is 30.1 Å². The average molecular weight is 366 g/mol. The molecule has 23 heavy (non-hydrogen) atoms. The Hall–Kier alpha value is -0.460. The number of unbranched alkanes of at least 4 members (excludes halogenated alkanes) is 1. The normalized spacial score (nSPS) is 16.6. The van der Waals surface area contributed by atoms with E-state index in [0.29, 0.717) is 13.1 Å². The lowest BCUT2D eigenvalue weighted by Crippen LogP contribution is -2.49. The van der Waals surface area contributed by atoms with E-state index in [0.717, 1.165) is 44.4 Å². The third-order valence-electron chi connectivity index (χ3n) is 4.33. The Morgan fingerprint density at radius 3 is 2.48 bits per heavy atom. The Balaban J connectivity index is 0.00000484. The van der Waals surface area contributed by atoms with Crippen LogP contribution in [0.15, 0.2) is 0 Å². The summed E-state index contributed by atoms with van der Waals surface area (Å²) in [5.41, 5.74) is 5.95. The van der Waals surface area contributed by atoms with Gasteiger partial charge in [-0.2, -0.15) is 11.8 Å². The number of piperidine rings is 1. The van der Waals surface area contributed by atoms with E-state index in [4.69, 9.17) is 5.73 Å². The first-order valence-electron chi connectivity index (χ1n) is 8.29. The van der Waals surface area contributed by atoms with Gasteiger partial charge in [0, 0.05) is 32.6 Å². The Labute approximate surface area is 151 Å². The number of thioether (sulfide) groups is 1. The molecule has 2 N–H and O–H groups in total. The van der Waals surface area contributed by atoms with Crippen molar-refractivity contribution in [3.8, 4) is 0 Å². The van der Waals surface area contributed by atoms with Crippen molar-refractivity contribution in [2.45, 2.75) is 45.1 Å². The fraction of sp³-hybridized carbons (Fsp3) is 0.875. The average Bonchev–Trinajstić information content (AvgIpc) is 2.56. The maximum Gasteiger partial charge on any atom is 0.239 e. The van der Waals surface area contributed by atoms with E-state index >= 15 is 0 Å². The zero-order chi connectivity index (χ0) is 16.5. The first-order chi connectivity index (χ1) is 10.5. The number of nitrogens with zero attached hydrogens (tertiary/aromatic N) is 2. The Morgan fingerprint density at radius 2 is 1.96 bits per heavy atom. The zero-order valence-electron chi connectivity index (χ0n) is 14.6. The lowest BCUT2D eigenvalue weighted by molar-refractivity contribution is -0.140. The SMILES string of the molecule is CCCCN(C)C(=O)C1CCN(C(=O)C(N)CCSC)CC1.Cl. The first-order valence-corrected chi connectivity index (χ1v) is 9.68. The van der Waals surface area contributed by atoms with Gasteiger partial charge >= 0.3 is 0 Å². The van der Waals surface area contributed by atoms with Crippen LogP contribution in [0.3, 0.4) is 0 Å². The molecule has 1 heterocycles. The molecule has 0 aromatic carbocycles. The van der Waals surface area contributed by atoms with Crippen LogP contribution in [0, 0.1) is 5.92 Å². The largest absolute Gasteiger partial charge is 0.346 e. The van der Waals surface area contributed by atoms with Gasteiger partial charge in [-0.3, -0.25) is 9.59 Å². The van der Waals surface area contributed by atoms with Gasteiger partial charge < -0.3 is 15.5 Å². The van der Waals surface area contributed by atoms with Gasteiger partial charge in [0.1, 0.15) is 0 Å². The van der Waals surface area contributed by atoms with Gasteiger partial charge in [0.05, 0.1) is 6.04 Å². The number of halogens is 1. The minimum absolute atomic E-state index is 0. The van der Waals surface area contributed by atoms with Crippen molar-refractivity contribution in [2.75, 3.05) is 38.7 Å². The number of likely N-dealkylation sites (tertiary alicyclic amines) is 1. The van der Waals surface area contributed by atoms with E-state index in [9.17, 15) is 9.59 Å². The molecule has 0 aromatic heterocycles. The Bertz CT molecular complexity index is 329. The maximum atomic E-state index is 12.4. The summed E-state index contributed by atoms with van der Waals surface area (Å²) in [6, 6.07) is -0.396. The van der Waals surface area contributed by atoms with Crippen molar-refractivity contribution in [1.29, 1.82) is 0 Å². The van der Waals surface area contributed by atoms with Gasteiger partial charge in [-0.05, 0) is 37.7 Å². The molecule has 2 amide bonds. The van der Waals surface area contributed by atoms with Crippen molar-refractivity contribution in [2.24, 2.45) is 11.7 Å². The van der Waals surface area contributed by atoms with Gasteiger partial charge in [-0.25, -0.2) is 0 Å². The zero-order valence-corrected chi connectivity index (χ0v) is 16.3. The Morgan fingerprint density at radius 1 is 1.35 bits per heavy atom. The molecule has 136 valence electrons. The van der Waals surface area contributed by atoms with Crippen LogP contribution in [0.2, 0.25) is 0 Å². The highest BCUT2D eigenvalue weighted by Gasteiger charge is 2.30. The second-order valence-electron chi connectivity index (χ2n) is 6.10. The molecule has 7 heteroatoms. The monoisotopic (exact) mass is 365 g/mol. The minimum atomic E-state index is -0.396. The number of carbonyl (C=O) groups is 2. The number of amides is 2. The van der Waals surface area contributed by atoms with Gasteiger partial charge in [0.2, 0.25) is 11.8 Å². The summed E-state index contributed by atoms with van der Waals surface area (Å²) in [5, 5.41) is 0. The molecule has 1 aliphatic rings. The smallest absolute Gasteiger partial charge is 0.239 e. The van der Waals surface area contributed by atoms with Crippen molar-refractivity contribution >= 4 is 36.0 Å². The molecule has 0 aliphatic carbocycles. The topological polar surface area (TPSA) is 66.6 Å². The van der Waals surface area contributed by atoms with E-state index in [1.54, 1.807) is 11.8 Å². The summed E-state index contributed by atoms with van der Waals surface area (Å²) < 4.78 is 0. The van der Waals surface area contributed by atoms with E-state index < -0.39 is 6.04 Å². The highest BCUT2D eigenvalue weighted by Crippen LogP contribution is 2.20. The van der Waals surface area contributed by atoms with Gasteiger partial charge in [-0.15, -0.1) is 12.4 Å². The number of carbonyl (C=O) groups excluding carboxylic acids is 2. The standard InChI is InChI=1S/C16H31N3O2S.ClH/c1-4-5-9-18(2)15(20)13-6-10-19(11-7-13)16(21)14(17)8-12-22-3;/h13-14H,4-12,17H2,1-3H3;1H. The molecule has 1 atom stereocenters. The van der Waals surface area contributed by atoms with Gasteiger partial charge in [-0.1, -0.05) is 13.3 Å². The summed E-state index contributed by atoms with van der Waals surface area (Å²) in [4.78, 5) is 28.3. The summed E-state index contributed by atoms with van der Waals surface area (Å²) in [5.74, 6) is 1.24. The summed E-state index contributed by atoms with van der Waals surface area (Å²) in [6.07, 6.45) is 6.40. The van der Waals surface area contributed by atoms with Crippen LogP contribution in [-0.4, -0.2) is 66.3 Å². The van der Waals surface area contributed by atoms with Gasteiger partial charge in [0.15, 0.2) is 0 Å². The van der Waals surface area contributed by atoms with Crippen LogP contribution in [0.5, 0.6) is 0 Å². The van der Waals surface area contributed by atoms with Crippen molar-refractivity contribution in [3.63, 3.8) is 0 Å².